The third-order valence-electron chi connectivity index (χ3n) is 4.81. The number of nitrogens with one attached hydrogen (secondary N) is 1. The second kappa shape index (κ2) is 7.07. The van der Waals surface area contributed by atoms with Gasteiger partial charge in [0.15, 0.2) is 0 Å². The van der Waals surface area contributed by atoms with Crippen molar-refractivity contribution in [2.75, 3.05) is 18.9 Å². The van der Waals surface area contributed by atoms with Gasteiger partial charge in [0.05, 0.1) is 5.92 Å². The van der Waals surface area contributed by atoms with Crippen molar-refractivity contribution in [3.05, 3.63) is 65.2 Å². The fourth-order valence-electron chi connectivity index (χ4n) is 3.05. The largest absolute Gasteiger partial charge is 0.341 e. The monoisotopic (exact) mass is 337 g/mol. The molecule has 1 aliphatic rings. The van der Waals surface area contributed by atoms with Crippen LogP contribution in [0.5, 0.6) is 0 Å². The van der Waals surface area contributed by atoms with Gasteiger partial charge in [0, 0.05) is 30.9 Å². The summed E-state index contributed by atoms with van der Waals surface area (Å²) in [5, 5.41) is 2.89. The van der Waals surface area contributed by atoms with Gasteiger partial charge < -0.3 is 16.0 Å². The molecule has 0 bridgehead atoms. The number of hydrogen-bond acceptors (Lipinski definition) is 3. The van der Waals surface area contributed by atoms with E-state index in [1.807, 2.05) is 49.4 Å². The highest BCUT2D eigenvalue weighted by molar-refractivity contribution is 5.99. The van der Waals surface area contributed by atoms with Crippen molar-refractivity contribution in [1.82, 2.24) is 4.90 Å². The van der Waals surface area contributed by atoms with Gasteiger partial charge in [-0.25, -0.2) is 0 Å². The van der Waals surface area contributed by atoms with Gasteiger partial charge in [0.1, 0.15) is 0 Å². The molecule has 0 aromatic heterocycles. The van der Waals surface area contributed by atoms with Crippen molar-refractivity contribution in [2.45, 2.75) is 19.4 Å². The second-order valence-electron chi connectivity index (χ2n) is 6.56. The summed E-state index contributed by atoms with van der Waals surface area (Å²) in [6, 6.07) is 14.7. The molecule has 3 rings (SSSR count). The van der Waals surface area contributed by atoms with E-state index in [4.69, 9.17) is 5.73 Å². The van der Waals surface area contributed by atoms with Gasteiger partial charge in [-0.05, 0) is 29.7 Å². The Morgan fingerprint density at radius 2 is 1.92 bits per heavy atom. The maximum Gasteiger partial charge on any atom is 0.253 e. The number of likely N-dealkylation sites (N-methyl/N-ethyl adjacent to an activating group) is 1. The molecule has 0 radical (unpaired) electrons. The van der Waals surface area contributed by atoms with Gasteiger partial charge in [-0.1, -0.05) is 43.3 Å². The predicted molar refractivity (Wildman–Crippen MR) is 98.3 cm³/mol. The van der Waals surface area contributed by atoms with Crippen molar-refractivity contribution in [3.63, 3.8) is 0 Å². The van der Waals surface area contributed by atoms with E-state index >= 15 is 0 Å². The second-order valence-corrected chi connectivity index (χ2v) is 6.56. The Kier molecular flexibility index (Phi) is 4.86. The number of nitrogens with zero attached hydrogens (tertiary/aromatic N) is 1. The first-order valence-corrected chi connectivity index (χ1v) is 8.47. The lowest BCUT2D eigenvalue weighted by Gasteiger charge is -2.25. The zero-order valence-electron chi connectivity index (χ0n) is 14.5. The summed E-state index contributed by atoms with van der Waals surface area (Å²) >= 11 is 0. The molecule has 0 spiro atoms. The first-order chi connectivity index (χ1) is 12.0. The third-order valence-corrected chi connectivity index (χ3v) is 4.81. The molecular formula is C20H23N3O2. The van der Waals surface area contributed by atoms with Crippen molar-refractivity contribution in [3.8, 4) is 0 Å². The van der Waals surface area contributed by atoms with Crippen LogP contribution < -0.4 is 11.1 Å². The molecule has 1 aliphatic heterocycles. The number of rotatable bonds is 4. The van der Waals surface area contributed by atoms with E-state index in [0.29, 0.717) is 11.3 Å². The number of carbonyl (C=O) groups excluding carboxylic acids is 2. The van der Waals surface area contributed by atoms with Gasteiger partial charge in [-0.3, -0.25) is 9.59 Å². The van der Waals surface area contributed by atoms with Crippen LogP contribution in [-0.2, 0) is 11.2 Å². The van der Waals surface area contributed by atoms with Gasteiger partial charge in [-0.2, -0.15) is 0 Å². The lowest BCUT2D eigenvalue weighted by Crippen LogP contribution is -2.34. The molecule has 2 unspecified atom stereocenters. The van der Waals surface area contributed by atoms with Crippen LogP contribution in [0.4, 0.5) is 5.69 Å². The molecule has 5 nitrogen and oxygen atoms in total. The summed E-state index contributed by atoms with van der Waals surface area (Å²) < 4.78 is 0. The molecule has 0 fully saturated rings. The average molecular weight is 337 g/mol. The molecule has 1 heterocycles. The Balaban J connectivity index is 1.74. The Bertz CT molecular complexity index is 789. The van der Waals surface area contributed by atoms with Crippen LogP contribution in [0, 0.1) is 5.92 Å². The van der Waals surface area contributed by atoms with Crippen molar-refractivity contribution >= 4 is 17.5 Å². The van der Waals surface area contributed by atoms with Crippen LogP contribution in [0.25, 0.3) is 0 Å². The summed E-state index contributed by atoms with van der Waals surface area (Å²) in [4.78, 5) is 26.5. The molecule has 2 amide bonds. The van der Waals surface area contributed by atoms with Gasteiger partial charge in [0.25, 0.3) is 5.91 Å². The molecule has 0 saturated heterocycles. The number of nitrogens with two attached hydrogens (primary N) is 1. The standard InChI is InChI=1S/C20H23N3O2/c1-13(18(21)15-6-4-3-5-7-15)19(24)22-16-9-8-14-10-11-23(2)20(25)17(14)12-16/h3-9,12-13,18H,10-11,21H2,1-2H3,(H,22,24). The van der Waals surface area contributed by atoms with Crippen LogP contribution in [0.1, 0.15) is 34.5 Å². The van der Waals surface area contributed by atoms with Crippen molar-refractivity contribution < 1.29 is 9.59 Å². The Morgan fingerprint density at radius 1 is 1.20 bits per heavy atom. The average Bonchev–Trinajstić information content (AvgIpc) is 2.64. The molecule has 0 saturated carbocycles. The van der Waals surface area contributed by atoms with E-state index < -0.39 is 5.92 Å². The normalized spacial score (nSPS) is 16.1. The van der Waals surface area contributed by atoms with Gasteiger partial charge in [-0.15, -0.1) is 0 Å². The van der Waals surface area contributed by atoms with Crippen LogP contribution in [0.15, 0.2) is 48.5 Å². The molecule has 2 aromatic rings. The molecule has 2 atom stereocenters. The molecule has 0 aliphatic carbocycles. The highest BCUT2D eigenvalue weighted by Crippen LogP contribution is 2.24. The maximum atomic E-state index is 12.6. The summed E-state index contributed by atoms with van der Waals surface area (Å²) in [5.74, 6) is -0.559. The Labute approximate surface area is 147 Å². The minimum Gasteiger partial charge on any atom is -0.341 e. The number of amides is 2. The topological polar surface area (TPSA) is 75.4 Å². The first-order valence-electron chi connectivity index (χ1n) is 8.47. The number of carbonyl (C=O) groups is 2. The fourth-order valence-corrected chi connectivity index (χ4v) is 3.05. The highest BCUT2D eigenvalue weighted by atomic mass is 16.2. The Hall–Kier alpha value is -2.66. The molecule has 3 N–H and O–H groups in total. The molecule has 130 valence electrons. The first kappa shape index (κ1) is 17.2. The van der Waals surface area contributed by atoms with Gasteiger partial charge >= 0.3 is 0 Å². The van der Waals surface area contributed by atoms with E-state index in [2.05, 4.69) is 5.32 Å². The fraction of sp³-hybridized carbons (Fsp3) is 0.300. The van der Waals surface area contributed by atoms with Gasteiger partial charge in [0.2, 0.25) is 5.91 Å². The molecule has 5 heteroatoms. The summed E-state index contributed by atoms with van der Waals surface area (Å²) in [6.07, 6.45) is 0.834. The Morgan fingerprint density at radius 3 is 2.64 bits per heavy atom. The van der Waals surface area contributed by atoms with E-state index in [9.17, 15) is 9.59 Å². The smallest absolute Gasteiger partial charge is 0.253 e. The predicted octanol–water partition coefficient (Wildman–Crippen LogP) is 2.59. The van der Waals surface area contributed by atoms with Crippen LogP contribution in [0.3, 0.4) is 0 Å². The minimum atomic E-state index is -0.392. The number of fused-ring (bicyclic) bond motifs is 1. The maximum absolute atomic E-state index is 12.6. The van der Waals surface area contributed by atoms with Crippen LogP contribution in [0.2, 0.25) is 0 Å². The third kappa shape index (κ3) is 3.56. The number of anilines is 1. The lowest BCUT2D eigenvalue weighted by molar-refractivity contribution is -0.120. The van der Waals surface area contributed by atoms with E-state index in [1.54, 1.807) is 18.0 Å². The van der Waals surface area contributed by atoms with Crippen LogP contribution >= 0.6 is 0 Å². The SMILES string of the molecule is CC(C(=O)Nc1ccc2c(c1)C(=O)N(C)CC2)C(N)c1ccccc1. The molecule has 2 aromatic carbocycles. The molecular weight excluding hydrogens is 314 g/mol. The lowest BCUT2D eigenvalue weighted by atomic mass is 9.94. The zero-order valence-corrected chi connectivity index (χ0v) is 14.5. The van der Waals surface area contributed by atoms with E-state index in [0.717, 1.165) is 24.1 Å². The van der Waals surface area contributed by atoms with Crippen molar-refractivity contribution in [1.29, 1.82) is 0 Å². The minimum absolute atomic E-state index is 0.00798. The zero-order chi connectivity index (χ0) is 18.0. The van der Waals surface area contributed by atoms with E-state index in [-0.39, 0.29) is 17.9 Å². The number of benzene rings is 2. The van der Waals surface area contributed by atoms with Crippen LogP contribution in [-0.4, -0.2) is 30.3 Å². The highest BCUT2D eigenvalue weighted by Gasteiger charge is 2.24. The van der Waals surface area contributed by atoms with E-state index in [1.165, 1.54) is 0 Å². The quantitative estimate of drug-likeness (QED) is 0.900. The van der Waals surface area contributed by atoms with Crippen molar-refractivity contribution in [2.24, 2.45) is 11.7 Å². The number of hydrogen-bond donors (Lipinski definition) is 2. The summed E-state index contributed by atoms with van der Waals surface area (Å²) in [5.41, 5.74) is 9.45. The summed E-state index contributed by atoms with van der Waals surface area (Å²) in [7, 11) is 1.79. The molecule has 25 heavy (non-hydrogen) atoms. The summed E-state index contributed by atoms with van der Waals surface area (Å²) in [6.45, 7) is 2.53.